The molecule has 3 aromatic carbocycles. The van der Waals surface area contributed by atoms with Crippen molar-refractivity contribution in [2.24, 2.45) is 5.10 Å². The number of hydrogen-bond acceptors (Lipinski definition) is 6. The van der Waals surface area contributed by atoms with Gasteiger partial charge < -0.3 is 4.74 Å². The first-order valence-electron chi connectivity index (χ1n) is 10.0. The van der Waals surface area contributed by atoms with Crippen molar-refractivity contribution in [3.8, 4) is 11.4 Å². The Morgan fingerprint density at radius 2 is 1.85 bits per heavy atom. The second-order valence-corrected chi connectivity index (χ2v) is 9.77. The quantitative estimate of drug-likeness (QED) is 0.137. The van der Waals surface area contributed by atoms with Crippen LogP contribution in [0.1, 0.15) is 5.56 Å². The molecule has 0 spiro atoms. The second kappa shape index (κ2) is 11.0. The molecule has 1 amide bonds. The maximum Gasteiger partial charge on any atom is 0.266 e. The van der Waals surface area contributed by atoms with E-state index >= 15 is 0 Å². The van der Waals surface area contributed by atoms with Gasteiger partial charge in [0.2, 0.25) is 0 Å². The van der Waals surface area contributed by atoms with Crippen LogP contribution in [-0.2, 0) is 4.79 Å². The third kappa shape index (κ3) is 5.57. The summed E-state index contributed by atoms with van der Waals surface area (Å²) < 4.78 is 8.58. The molecule has 7 nitrogen and oxygen atoms in total. The number of methoxy groups -OCH3 is 1. The molecule has 0 saturated heterocycles. The molecule has 10 heteroatoms. The van der Waals surface area contributed by atoms with Crippen molar-refractivity contribution in [2.75, 3.05) is 12.9 Å². The summed E-state index contributed by atoms with van der Waals surface area (Å²) in [6.45, 7) is 0. The molecule has 0 atom stereocenters. The van der Waals surface area contributed by atoms with Gasteiger partial charge in [0.05, 0.1) is 35.7 Å². The third-order valence-electron chi connectivity index (χ3n) is 4.75. The average molecular weight is 602 g/mol. The van der Waals surface area contributed by atoms with Crippen molar-refractivity contribution < 1.29 is 9.53 Å². The lowest BCUT2D eigenvalue weighted by atomic mass is 10.2. The van der Waals surface area contributed by atoms with Crippen LogP contribution in [0.3, 0.4) is 0 Å². The van der Waals surface area contributed by atoms with Gasteiger partial charge in [0.15, 0.2) is 5.16 Å². The van der Waals surface area contributed by atoms with E-state index in [-0.39, 0.29) is 17.2 Å². The number of halogens is 2. The van der Waals surface area contributed by atoms with Crippen molar-refractivity contribution in [3.63, 3.8) is 0 Å². The van der Waals surface area contributed by atoms with E-state index in [0.717, 1.165) is 20.7 Å². The molecule has 0 saturated carbocycles. The van der Waals surface area contributed by atoms with Gasteiger partial charge >= 0.3 is 0 Å². The number of ether oxygens (including phenoxy) is 1. The van der Waals surface area contributed by atoms with Crippen molar-refractivity contribution >= 4 is 66.6 Å². The molecule has 172 valence electrons. The largest absolute Gasteiger partial charge is 0.496 e. The molecule has 0 aliphatic heterocycles. The first-order chi connectivity index (χ1) is 16.5. The number of nitrogens with one attached hydrogen (secondary N) is 1. The molecule has 1 heterocycles. The summed E-state index contributed by atoms with van der Waals surface area (Å²) >= 11 is 7.98. The summed E-state index contributed by atoms with van der Waals surface area (Å²) in [6, 6.07) is 20.0. The van der Waals surface area contributed by atoms with Gasteiger partial charge in [-0.3, -0.25) is 14.2 Å². The van der Waals surface area contributed by atoms with Crippen molar-refractivity contribution in [2.45, 2.75) is 5.16 Å². The first kappa shape index (κ1) is 24.2. The highest BCUT2D eigenvalue weighted by Crippen LogP contribution is 2.23. The minimum atomic E-state index is -0.333. The van der Waals surface area contributed by atoms with E-state index in [2.05, 4.69) is 47.4 Å². The van der Waals surface area contributed by atoms with Gasteiger partial charge in [-0.25, -0.2) is 10.4 Å². The number of fused-ring (bicyclic) bond motifs is 1. The van der Waals surface area contributed by atoms with E-state index < -0.39 is 0 Å². The van der Waals surface area contributed by atoms with Gasteiger partial charge in [-0.05, 0) is 54.6 Å². The van der Waals surface area contributed by atoms with Gasteiger partial charge in [0, 0.05) is 14.5 Å². The van der Waals surface area contributed by atoms with Crippen LogP contribution in [0, 0.1) is 0 Å². The first-order valence-corrected chi connectivity index (χ1v) is 12.6. The standard InChI is InChI=1S/C24H18Br2N4O3S/c1-33-21-11-8-17(26)12-15(21)13-27-29-22(31)14-34-24-28-20-5-3-2-4-19(20)23(32)30(24)18-9-6-16(25)7-10-18/h2-13H,14H2,1H3,(H,29,31)/b27-13-. The smallest absolute Gasteiger partial charge is 0.266 e. The van der Waals surface area contributed by atoms with E-state index in [0.29, 0.717) is 33.1 Å². The Bertz CT molecular complexity index is 1440. The Hall–Kier alpha value is -2.95. The highest BCUT2D eigenvalue weighted by Gasteiger charge is 2.14. The summed E-state index contributed by atoms with van der Waals surface area (Å²) in [5.41, 5.74) is 4.26. The number of para-hydroxylation sites is 1. The fourth-order valence-corrected chi connectivity index (χ4v) is 4.62. The summed E-state index contributed by atoms with van der Waals surface area (Å²) in [5.74, 6) is 0.322. The molecule has 0 bridgehead atoms. The van der Waals surface area contributed by atoms with Crippen LogP contribution in [-0.4, -0.2) is 34.5 Å². The summed E-state index contributed by atoms with van der Waals surface area (Å²) in [5, 5.41) is 4.95. The zero-order valence-corrected chi connectivity index (χ0v) is 21.9. The third-order valence-corrected chi connectivity index (χ3v) is 6.71. The molecule has 0 aliphatic rings. The van der Waals surface area contributed by atoms with Gasteiger partial charge in [0.25, 0.3) is 11.5 Å². The number of carbonyl (C=O) groups excluding carboxylic acids is 1. The summed E-state index contributed by atoms with van der Waals surface area (Å²) in [6.07, 6.45) is 1.51. The zero-order chi connectivity index (χ0) is 24.1. The van der Waals surface area contributed by atoms with Crippen molar-refractivity contribution in [3.05, 3.63) is 91.6 Å². The van der Waals surface area contributed by atoms with Crippen LogP contribution in [0.25, 0.3) is 16.6 Å². The summed E-state index contributed by atoms with van der Waals surface area (Å²) in [4.78, 5) is 30.4. The minimum Gasteiger partial charge on any atom is -0.496 e. The number of amides is 1. The molecule has 1 N–H and O–H groups in total. The van der Waals surface area contributed by atoms with Gasteiger partial charge in [-0.2, -0.15) is 5.10 Å². The molecule has 1 aromatic heterocycles. The minimum absolute atomic E-state index is 0.0221. The van der Waals surface area contributed by atoms with Crippen LogP contribution in [0.15, 0.2) is 90.7 Å². The second-order valence-electron chi connectivity index (χ2n) is 7.00. The molecule has 4 aromatic rings. The Balaban J connectivity index is 1.55. The van der Waals surface area contributed by atoms with Crippen LogP contribution in [0.2, 0.25) is 0 Å². The van der Waals surface area contributed by atoms with Crippen LogP contribution in [0.5, 0.6) is 5.75 Å². The fourth-order valence-electron chi connectivity index (χ4n) is 3.17. The van der Waals surface area contributed by atoms with Crippen LogP contribution < -0.4 is 15.7 Å². The normalized spacial score (nSPS) is 11.1. The predicted molar refractivity (Wildman–Crippen MR) is 142 cm³/mol. The number of aromatic nitrogens is 2. The molecule has 0 unspecified atom stereocenters. The molecular formula is C24H18Br2N4O3S. The SMILES string of the molecule is COc1ccc(Br)cc1/C=N\NC(=O)CSc1nc2ccccc2c(=O)n1-c1ccc(Br)cc1. The molecule has 0 radical (unpaired) electrons. The average Bonchev–Trinajstić information content (AvgIpc) is 2.84. The number of hydrazone groups is 1. The monoisotopic (exact) mass is 600 g/mol. The Morgan fingerprint density at radius 1 is 1.12 bits per heavy atom. The lowest BCUT2D eigenvalue weighted by molar-refractivity contribution is -0.118. The number of thioether (sulfide) groups is 1. The highest BCUT2D eigenvalue weighted by atomic mass is 79.9. The number of nitrogens with zero attached hydrogens (tertiary/aromatic N) is 3. The van der Waals surface area contributed by atoms with Crippen LogP contribution >= 0.6 is 43.6 Å². The van der Waals surface area contributed by atoms with Crippen LogP contribution in [0.4, 0.5) is 0 Å². The summed E-state index contributed by atoms with van der Waals surface area (Å²) in [7, 11) is 1.57. The van der Waals surface area contributed by atoms with E-state index in [1.807, 2.05) is 42.5 Å². The van der Waals surface area contributed by atoms with Gasteiger partial charge in [-0.15, -0.1) is 0 Å². The highest BCUT2D eigenvalue weighted by molar-refractivity contribution is 9.10. The maximum atomic E-state index is 13.3. The molecule has 34 heavy (non-hydrogen) atoms. The molecule has 0 aliphatic carbocycles. The number of carbonyl (C=O) groups is 1. The Kier molecular flexibility index (Phi) is 7.81. The van der Waals surface area contributed by atoms with E-state index in [1.165, 1.54) is 10.8 Å². The Morgan fingerprint density at radius 3 is 2.62 bits per heavy atom. The predicted octanol–water partition coefficient (Wildman–Crippen LogP) is 5.16. The lowest BCUT2D eigenvalue weighted by Gasteiger charge is -2.13. The number of rotatable bonds is 7. The number of hydrogen-bond donors (Lipinski definition) is 1. The Labute approximate surface area is 216 Å². The number of benzene rings is 3. The van der Waals surface area contributed by atoms with Gasteiger partial charge in [-0.1, -0.05) is 55.8 Å². The lowest BCUT2D eigenvalue weighted by Crippen LogP contribution is -2.24. The van der Waals surface area contributed by atoms with E-state index in [4.69, 9.17) is 4.74 Å². The van der Waals surface area contributed by atoms with Crippen molar-refractivity contribution in [1.29, 1.82) is 0 Å². The molecule has 4 rings (SSSR count). The zero-order valence-electron chi connectivity index (χ0n) is 17.9. The fraction of sp³-hybridized carbons (Fsp3) is 0.0833. The topological polar surface area (TPSA) is 85.6 Å². The van der Waals surface area contributed by atoms with E-state index in [9.17, 15) is 9.59 Å². The molecule has 0 fully saturated rings. The molecular weight excluding hydrogens is 584 g/mol. The maximum absolute atomic E-state index is 13.3. The van der Waals surface area contributed by atoms with E-state index in [1.54, 1.807) is 31.4 Å². The van der Waals surface area contributed by atoms with Crippen molar-refractivity contribution in [1.82, 2.24) is 15.0 Å². The van der Waals surface area contributed by atoms with Gasteiger partial charge in [0.1, 0.15) is 5.75 Å².